The third-order valence-electron chi connectivity index (χ3n) is 7.50. The number of piperidine rings is 1. The van der Waals surface area contributed by atoms with Crippen LogP contribution >= 0.6 is 0 Å². The Kier molecular flexibility index (Phi) is 6.63. The second kappa shape index (κ2) is 9.98. The van der Waals surface area contributed by atoms with E-state index in [1.54, 1.807) is 0 Å². The van der Waals surface area contributed by atoms with Crippen molar-refractivity contribution >= 4 is 11.6 Å². The van der Waals surface area contributed by atoms with Gasteiger partial charge in [-0.3, -0.25) is 9.78 Å². The Morgan fingerprint density at radius 2 is 1.85 bits per heavy atom. The standard InChI is InChI=1S/C29H34N4O/c1-3-20-17-31-27-10-9-23(16-26(27)28(20)22-11-13-30-14-12-22)29(34)32-25-15-24(18-33(2)19-25)21-7-5-4-6-8-21/h4-14,16,20,24-25,28,31H,3,15,17-19H2,1-2H3,(H,32,34). The SMILES string of the molecule is CCC1CNc2ccc(C(=O)NC3CC(c4ccccc4)CN(C)C3)cc2C1c1ccncc1. The van der Waals surface area contributed by atoms with E-state index in [0.29, 0.717) is 11.8 Å². The minimum Gasteiger partial charge on any atom is -0.384 e. The van der Waals surface area contributed by atoms with Crippen LogP contribution in [0.4, 0.5) is 5.69 Å². The average Bonchev–Trinajstić information content (AvgIpc) is 2.88. The van der Waals surface area contributed by atoms with Crippen molar-refractivity contribution in [3.63, 3.8) is 0 Å². The van der Waals surface area contributed by atoms with Gasteiger partial charge >= 0.3 is 0 Å². The fourth-order valence-corrected chi connectivity index (χ4v) is 5.80. The molecule has 5 rings (SSSR count). The first-order valence-corrected chi connectivity index (χ1v) is 12.4. The molecule has 5 nitrogen and oxygen atoms in total. The molecule has 2 N–H and O–H groups in total. The van der Waals surface area contributed by atoms with Gasteiger partial charge in [-0.05, 0) is 72.3 Å². The second-order valence-corrected chi connectivity index (χ2v) is 9.84. The highest BCUT2D eigenvalue weighted by atomic mass is 16.1. The van der Waals surface area contributed by atoms with E-state index in [4.69, 9.17) is 0 Å². The predicted molar refractivity (Wildman–Crippen MR) is 137 cm³/mol. The maximum Gasteiger partial charge on any atom is 0.251 e. The molecule has 0 radical (unpaired) electrons. The number of hydrogen-bond donors (Lipinski definition) is 2. The third-order valence-corrected chi connectivity index (χ3v) is 7.50. The maximum atomic E-state index is 13.4. The lowest BCUT2D eigenvalue weighted by molar-refractivity contribution is 0.0905. The lowest BCUT2D eigenvalue weighted by Crippen LogP contribution is -2.48. The highest BCUT2D eigenvalue weighted by Crippen LogP contribution is 2.41. The Labute approximate surface area is 202 Å². The van der Waals surface area contributed by atoms with Crippen LogP contribution in [0.2, 0.25) is 0 Å². The maximum absolute atomic E-state index is 13.4. The zero-order chi connectivity index (χ0) is 23.5. The van der Waals surface area contributed by atoms with Crippen LogP contribution in [0.1, 0.15) is 58.6 Å². The van der Waals surface area contributed by atoms with E-state index < -0.39 is 0 Å². The Hall–Kier alpha value is -3.18. The van der Waals surface area contributed by atoms with Crippen molar-refractivity contribution in [3.8, 4) is 0 Å². The average molecular weight is 455 g/mol. The quantitative estimate of drug-likeness (QED) is 0.577. The highest BCUT2D eigenvalue weighted by Gasteiger charge is 2.31. The monoisotopic (exact) mass is 454 g/mol. The summed E-state index contributed by atoms with van der Waals surface area (Å²) in [5.41, 5.74) is 5.69. The third kappa shape index (κ3) is 4.71. The van der Waals surface area contributed by atoms with Crippen molar-refractivity contribution in [2.24, 2.45) is 5.92 Å². The molecule has 34 heavy (non-hydrogen) atoms. The first-order chi connectivity index (χ1) is 16.6. The number of hydrogen-bond acceptors (Lipinski definition) is 4. The van der Waals surface area contributed by atoms with Crippen molar-refractivity contribution in [2.45, 2.75) is 37.6 Å². The topological polar surface area (TPSA) is 57.3 Å². The Bertz CT molecular complexity index is 1120. The van der Waals surface area contributed by atoms with Crippen molar-refractivity contribution in [3.05, 3.63) is 95.3 Å². The highest BCUT2D eigenvalue weighted by molar-refractivity contribution is 5.95. The number of aromatic nitrogens is 1. The zero-order valence-corrected chi connectivity index (χ0v) is 20.1. The summed E-state index contributed by atoms with van der Waals surface area (Å²) in [6.07, 6.45) is 5.77. The molecule has 0 spiro atoms. The summed E-state index contributed by atoms with van der Waals surface area (Å²) in [7, 11) is 2.14. The number of likely N-dealkylation sites (tertiary alicyclic amines) is 1. The number of carbonyl (C=O) groups is 1. The number of anilines is 1. The van der Waals surface area contributed by atoms with Crippen LogP contribution < -0.4 is 10.6 Å². The van der Waals surface area contributed by atoms with Crippen molar-refractivity contribution < 1.29 is 4.79 Å². The van der Waals surface area contributed by atoms with Crippen molar-refractivity contribution in [2.75, 3.05) is 32.0 Å². The molecule has 2 aliphatic heterocycles. The molecule has 2 aromatic carbocycles. The molecule has 1 fully saturated rings. The van der Waals surface area contributed by atoms with Gasteiger partial charge < -0.3 is 15.5 Å². The Balaban J connectivity index is 1.37. The van der Waals surface area contributed by atoms with E-state index in [9.17, 15) is 4.79 Å². The molecule has 5 heteroatoms. The van der Waals surface area contributed by atoms with Crippen LogP contribution in [-0.4, -0.2) is 48.5 Å². The Morgan fingerprint density at radius 3 is 2.62 bits per heavy atom. The van der Waals surface area contributed by atoms with Gasteiger partial charge in [0.25, 0.3) is 5.91 Å². The molecule has 0 aliphatic carbocycles. The van der Waals surface area contributed by atoms with Gasteiger partial charge in [0.05, 0.1) is 0 Å². The summed E-state index contributed by atoms with van der Waals surface area (Å²) in [6, 6.07) is 21.1. The van der Waals surface area contributed by atoms with Gasteiger partial charge in [0, 0.05) is 55.2 Å². The molecule has 0 bridgehead atoms. The normalized spacial score (nSPS) is 24.6. The summed E-state index contributed by atoms with van der Waals surface area (Å²) in [5, 5.41) is 6.93. The van der Waals surface area contributed by atoms with Crippen LogP contribution in [0.15, 0.2) is 73.1 Å². The lowest BCUT2D eigenvalue weighted by Gasteiger charge is -2.36. The van der Waals surface area contributed by atoms with Crippen LogP contribution in [0, 0.1) is 5.92 Å². The number of benzene rings is 2. The van der Waals surface area contributed by atoms with Crippen LogP contribution in [-0.2, 0) is 0 Å². The smallest absolute Gasteiger partial charge is 0.251 e. The first-order valence-electron chi connectivity index (χ1n) is 12.4. The van der Waals surface area contributed by atoms with E-state index in [1.165, 1.54) is 16.7 Å². The van der Waals surface area contributed by atoms with Gasteiger partial charge in [-0.15, -0.1) is 0 Å². The summed E-state index contributed by atoms with van der Waals surface area (Å²) >= 11 is 0. The number of nitrogens with one attached hydrogen (secondary N) is 2. The molecule has 1 saturated heterocycles. The fraction of sp³-hybridized carbons (Fsp3) is 0.379. The molecular weight excluding hydrogens is 420 g/mol. The van der Waals surface area contributed by atoms with E-state index in [-0.39, 0.29) is 17.9 Å². The van der Waals surface area contributed by atoms with Gasteiger partial charge in [0.1, 0.15) is 0 Å². The molecule has 1 amide bonds. The number of likely N-dealkylation sites (N-methyl/N-ethyl adjacent to an activating group) is 1. The molecule has 2 aliphatic rings. The van der Waals surface area contributed by atoms with Gasteiger partial charge in [-0.2, -0.15) is 0 Å². The summed E-state index contributed by atoms with van der Waals surface area (Å²) in [4.78, 5) is 19.9. The van der Waals surface area contributed by atoms with Gasteiger partial charge in [0.15, 0.2) is 0 Å². The molecule has 4 unspecified atom stereocenters. The van der Waals surface area contributed by atoms with Gasteiger partial charge in [-0.25, -0.2) is 0 Å². The molecule has 3 aromatic rings. The zero-order valence-electron chi connectivity index (χ0n) is 20.1. The second-order valence-electron chi connectivity index (χ2n) is 9.84. The van der Waals surface area contributed by atoms with E-state index in [1.807, 2.05) is 18.5 Å². The summed E-state index contributed by atoms with van der Waals surface area (Å²) in [5.74, 6) is 1.19. The summed E-state index contributed by atoms with van der Waals surface area (Å²) < 4.78 is 0. The number of amides is 1. The lowest BCUT2D eigenvalue weighted by atomic mass is 9.76. The van der Waals surface area contributed by atoms with Crippen molar-refractivity contribution in [1.82, 2.24) is 15.2 Å². The Morgan fingerprint density at radius 1 is 1.06 bits per heavy atom. The predicted octanol–water partition coefficient (Wildman–Crippen LogP) is 4.88. The van der Waals surface area contributed by atoms with Crippen molar-refractivity contribution in [1.29, 1.82) is 0 Å². The van der Waals surface area contributed by atoms with E-state index in [2.05, 4.69) is 89.1 Å². The molecule has 0 saturated carbocycles. The van der Waals surface area contributed by atoms with Gasteiger partial charge in [0.2, 0.25) is 0 Å². The van der Waals surface area contributed by atoms with Crippen LogP contribution in [0.5, 0.6) is 0 Å². The molecular formula is C29H34N4O. The largest absolute Gasteiger partial charge is 0.384 e. The molecule has 1 aromatic heterocycles. The van der Waals surface area contributed by atoms with Crippen LogP contribution in [0.25, 0.3) is 0 Å². The molecule has 3 heterocycles. The minimum absolute atomic E-state index is 0.0158. The van der Waals surface area contributed by atoms with E-state index >= 15 is 0 Å². The number of fused-ring (bicyclic) bond motifs is 1. The fourth-order valence-electron chi connectivity index (χ4n) is 5.80. The number of carbonyl (C=O) groups excluding carboxylic acids is 1. The van der Waals surface area contributed by atoms with Gasteiger partial charge in [-0.1, -0.05) is 43.7 Å². The van der Waals surface area contributed by atoms with Crippen LogP contribution in [0.3, 0.4) is 0 Å². The number of nitrogens with zero attached hydrogens (tertiary/aromatic N) is 2. The summed E-state index contributed by atoms with van der Waals surface area (Å²) in [6.45, 7) is 5.08. The first kappa shape index (κ1) is 22.6. The number of rotatable bonds is 5. The van der Waals surface area contributed by atoms with E-state index in [0.717, 1.165) is 43.7 Å². The molecule has 4 atom stereocenters. The molecule has 176 valence electrons. The minimum atomic E-state index is 0.0158. The number of pyridine rings is 1.